The zero-order chi connectivity index (χ0) is 89.4. The SMILES string of the molecule is CN[C@@H](CCCCNC(=O)COCCOCCCC(=O)COCCOCCNC(=O)CC[C@H](NC(=O)CCCCCCCCCOc1ccc(C(=O)O)cc1)C(=O)O)C(=O)C(C)C[C@@H](CCCCNC(=O)COCCOCCNC(=O)COCCOCCCC(=O)CC[C@H](NC(=O)CCCCCCCCCOc1ccc(C(=O)O)cc1)C(=O)O)C(=O)O. The summed E-state index contributed by atoms with van der Waals surface area (Å²) in [4.78, 5) is 170. The van der Waals surface area contributed by atoms with E-state index in [-0.39, 0.29) is 234 Å². The lowest BCUT2D eigenvalue weighted by Crippen LogP contribution is -2.41. The molecule has 0 bridgehead atoms. The molecule has 0 aliphatic heterocycles. The first-order chi connectivity index (χ1) is 58.9. The number of amides is 6. The van der Waals surface area contributed by atoms with Crippen LogP contribution in [-0.2, 0) is 95.4 Å². The first-order valence-corrected chi connectivity index (χ1v) is 43.0. The van der Waals surface area contributed by atoms with E-state index < -0.39 is 59.8 Å². The van der Waals surface area contributed by atoms with Gasteiger partial charge < -0.3 is 110 Å². The van der Waals surface area contributed by atoms with Crippen molar-refractivity contribution in [2.75, 3.05) is 152 Å². The number of aliphatic carboxylic acids is 3. The van der Waals surface area contributed by atoms with Crippen molar-refractivity contribution >= 4 is 82.6 Å². The summed E-state index contributed by atoms with van der Waals surface area (Å²) in [6.07, 6.45) is 17.1. The fourth-order valence-electron chi connectivity index (χ4n) is 12.3. The zero-order valence-electron chi connectivity index (χ0n) is 71.5. The minimum absolute atomic E-state index is 0.00560. The molecule has 0 saturated heterocycles. The maximum Gasteiger partial charge on any atom is 0.335 e. The molecule has 2 rings (SSSR count). The topological polar surface area (TPSA) is 517 Å². The lowest BCUT2D eigenvalue weighted by atomic mass is 9.86. The van der Waals surface area contributed by atoms with E-state index in [4.69, 9.17) is 57.6 Å². The molecule has 5 atom stereocenters. The summed E-state index contributed by atoms with van der Waals surface area (Å²) in [6, 6.07) is 9.68. The van der Waals surface area contributed by atoms with Gasteiger partial charge in [-0.2, -0.15) is 0 Å². The van der Waals surface area contributed by atoms with Gasteiger partial charge in [-0.3, -0.25) is 47.9 Å². The first kappa shape index (κ1) is 109. The molecule has 0 aliphatic carbocycles. The van der Waals surface area contributed by atoms with E-state index in [9.17, 15) is 82.4 Å². The Labute approximate surface area is 716 Å². The van der Waals surface area contributed by atoms with Gasteiger partial charge in [-0.25, -0.2) is 19.2 Å². The van der Waals surface area contributed by atoms with Crippen LogP contribution in [-0.4, -0.2) is 278 Å². The normalized spacial score (nSPS) is 12.4. The number of ketones is 3. The number of benzene rings is 2. The number of likely N-dealkylation sites (N-methyl/N-ethyl adjacent to an activating group) is 1. The van der Waals surface area contributed by atoms with Crippen LogP contribution in [0, 0.1) is 11.8 Å². The van der Waals surface area contributed by atoms with Gasteiger partial charge in [-0.15, -0.1) is 0 Å². The van der Waals surface area contributed by atoms with E-state index in [0.29, 0.717) is 109 Å². The molecule has 0 heterocycles. The average molecular weight is 1730 g/mol. The van der Waals surface area contributed by atoms with Crippen LogP contribution in [0.2, 0.25) is 0 Å². The highest BCUT2D eigenvalue weighted by Crippen LogP contribution is 2.23. The molecule has 6 amide bonds. The molecule has 2 aromatic carbocycles. The quantitative estimate of drug-likeness (QED) is 0.0296. The van der Waals surface area contributed by atoms with Crippen LogP contribution in [0.4, 0.5) is 0 Å². The molecule has 0 saturated carbocycles. The Morgan fingerprint density at radius 3 is 1.09 bits per heavy atom. The monoisotopic (exact) mass is 1730 g/mol. The van der Waals surface area contributed by atoms with E-state index in [1.807, 2.05) is 0 Å². The summed E-state index contributed by atoms with van der Waals surface area (Å²) >= 11 is 0. The molecule has 2 aromatic rings. The summed E-state index contributed by atoms with van der Waals surface area (Å²) in [5.74, 6) is -7.97. The third-order valence-electron chi connectivity index (χ3n) is 19.3. The Balaban J connectivity index is 1.36. The number of ether oxygens (including phenoxy) is 10. The van der Waals surface area contributed by atoms with Gasteiger partial charge in [0, 0.05) is 83.8 Å². The fourth-order valence-corrected chi connectivity index (χ4v) is 12.3. The Hall–Kier alpha value is -9.14. The van der Waals surface area contributed by atoms with E-state index in [1.54, 1.807) is 38.2 Å². The number of carbonyl (C=O) groups excluding carboxylic acids is 9. The molecule has 122 heavy (non-hydrogen) atoms. The van der Waals surface area contributed by atoms with Crippen molar-refractivity contribution in [3.63, 3.8) is 0 Å². The molecule has 36 nitrogen and oxygen atoms in total. The van der Waals surface area contributed by atoms with Gasteiger partial charge in [0.25, 0.3) is 0 Å². The van der Waals surface area contributed by atoms with Gasteiger partial charge >= 0.3 is 29.8 Å². The summed E-state index contributed by atoms with van der Waals surface area (Å²) < 4.78 is 54.7. The summed E-state index contributed by atoms with van der Waals surface area (Å²) in [5, 5.41) is 66.1. The Morgan fingerprint density at radius 1 is 0.303 bits per heavy atom. The number of carbonyl (C=O) groups is 14. The van der Waals surface area contributed by atoms with Crippen molar-refractivity contribution in [1.29, 1.82) is 0 Å². The van der Waals surface area contributed by atoms with Crippen molar-refractivity contribution in [2.24, 2.45) is 11.8 Å². The molecule has 36 heteroatoms. The molecule has 0 fully saturated rings. The van der Waals surface area contributed by atoms with Crippen LogP contribution in [0.3, 0.4) is 0 Å². The van der Waals surface area contributed by atoms with Crippen LogP contribution < -0.4 is 46.7 Å². The smallest absolute Gasteiger partial charge is 0.335 e. The molecule has 690 valence electrons. The minimum atomic E-state index is -1.22. The maximum absolute atomic E-state index is 13.4. The van der Waals surface area contributed by atoms with Crippen molar-refractivity contribution < 1.29 is 140 Å². The highest BCUT2D eigenvalue weighted by Gasteiger charge is 2.29. The molecule has 0 radical (unpaired) electrons. The molecular weight excluding hydrogens is 1590 g/mol. The van der Waals surface area contributed by atoms with Gasteiger partial charge in [0.15, 0.2) is 11.6 Å². The fraction of sp³-hybridized carbons (Fsp3) is 0.698. The Morgan fingerprint density at radius 2 is 0.672 bits per heavy atom. The van der Waals surface area contributed by atoms with Crippen LogP contribution in [0.25, 0.3) is 0 Å². The van der Waals surface area contributed by atoms with Crippen LogP contribution >= 0.6 is 0 Å². The maximum atomic E-state index is 13.4. The lowest BCUT2D eigenvalue weighted by molar-refractivity contribution is -0.143. The van der Waals surface area contributed by atoms with Crippen LogP contribution in [0.1, 0.15) is 227 Å². The minimum Gasteiger partial charge on any atom is -0.494 e. The summed E-state index contributed by atoms with van der Waals surface area (Å²) in [5.41, 5.74) is 0.405. The second-order valence-corrected chi connectivity index (χ2v) is 29.6. The number of nitrogens with one attached hydrogen (secondary N) is 7. The van der Waals surface area contributed by atoms with Gasteiger partial charge in [0.2, 0.25) is 35.4 Å². The highest BCUT2D eigenvalue weighted by atomic mass is 16.5. The standard InChI is InChI=1S/C86H137N7O29/c1-64(59-67(84(107)108)23-15-17-41-88-78(99)62-120-58-54-116-50-44-91-80(101)63-119-57-51-113-45-21-24-68(94)33-38-73(85(109)110)92-76(97)27-13-9-5-3-7-11-19-47-121-70-34-29-65(30-35-70)82(103)104)81(102)72(87-2)26-16-18-42-89-79(100)61-118-56-52-114-46-22-25-69(95)60-117-55-53-115-49-43-90-75(96)40-39-74(86(111)112)93-77(98)28-14-10-6-4-8-12-20-48-122-71-36-31-66(32-37-71)83(105)106/h29-32,34-37,64,67,72-74,87H,3-28,33,38-63H2,1-2H3,(H,88,99)(H,89,100)(H,90,96)(H,91,101)(H,92,97)(H,93,98)(H,103,104)(H,105,106)(H,107,108)(H,109,110)(H,111,112)/t64?,67-,72+,73+,74+/m1/s1. The van der Waals surface area contributed by atoms with E-state index in [1.165, 1.54) is 24.3 Å². The number of Topliss-reactive ketones (excluding diaryl/α,β-unsaturated/α-hetero) is 3. The van der Waals surface area contributed by atoms with Crippen LogP contribution in [0.15, 0.2) is 48.5 Å². The average Bonchev–Trinajstić information content (AvgIpc) is 0.921. The van der Waals surface area contributed by atoms with Gasteiger partial charge in [0.1, 0.15) is 55.8 Å². The predicted octanol–water partition coefficient (Wildman–Crippen LogP) is 7.00. The van der Waals surface area contributed by atoms with Crippen LogP contribution in [0.5, 0.6) is 11.5 Å². The molecular formula is C86H137N7O29. The highest BCUT2D eigenvalue weighted by molar-refractivity contribution is 5.89. The molecule has 12 N–H and O–H groups in total. The number of carboxylic acid groups (broad SMARTS) is 5. The predicted molar refractivity (Wildman–Crippen MR) is 447 cm³/mol. The van der Waals surface area contributed by atoms with Crippen molar-refractivity contribution in [1.82, 2.24) is 37.2 Å². The molecule has 0 aromatic heterocycles. The zero-order valence-corrected chi connectivity index (χ0v) is 71.5. The van der Waals surface area contributed by atoms with Crippen molar-refractivity contribution in [2.45, 2.75) is 224 Å². The lowest BCUT2D eigenvalue weighted by Gasteiger charge is -2.22. The van der Waals surface area contributed by atoms with E-state index >= 15 is 0 Å². The molecule has 0 spiro atoms. The van der Waals surface area contributed by atoms with Gasteiger partial charge in [0.05, 0.1) is 102 Å². The number of hydrogen-bond acceptors (Lipinski definition) is 25. The van der Waals surface area contributed by atoms with Crippen molar-refractivity contribution in [3.05, 3.63) is 59.7 Å². The largest absolute Gasteiger partial charge is 0.494 e. The number of unbranched alkanes of at least 4 members (excludes halogenated alkanes) is 14. The summed E-state index contributed by atoms with van der Waals surface area (Å²) in [7, 11) is 1.67. The number of hydrogen-bond donors (Lipinski definition) is 12. The van der Waals surface area contributed by atoms with Crippen molar-refractivity contribution in [3.8, 4) is 11.5 Å². The van der Waals surface area contributed by atoms with Gasteiger partial charge in [-0.05, 0) is 145 Å². The first-order valence-electron chi connectivity index (χ1n) is 43.0. The number of rotatable bonds is 84. The Kier molecular flexibility index (Phi) is 64.6. The second kappa shape index (κ2) is 72.3. The molecule has 0 aliphatic rings. The second-order valence-electron chi connectivity index (χ2n) is 29.6. The number of aromatic carboxylic acids is 2. The van der Waals surface area contributed by atoms with Gasteiger partial charge in [-0.1, -0.05) is 77.6 Å². The Bertz CT molecular complexity index is 3300. The van der Waals surface area contributed by atoms with E-state index in [0.717, 1.165) is 77.0 Å². The third-order valence-corrected chi connectivity index (χ3v) is 19.3. The van der Waals surface area contributed by atoms with E-state index in [2.05, 4.69) is 37.2 Å². The molecule has 1 unspecified atom stereocenters. The summed E-state index contributed by atoms with van der Waals surface area (Å²) in [6.45, 7) is 5.41. The third kappa shape index (κ3) is 60.4. The number of carboxylic acids is 5.